The van der Waals surface area contributed by atoms with Crippen LogP contribution in [0.5, 0.6) is 11.5 Å². The number of carbonyl (C=O) groups excluding carboxylic acids is 2. The first-order valence-electron chi connectivity index (χ1n) is 12.0. The molecule has 7 nitrogen and oxygen atoms in total. The fraction of sp³-hybridized carbons (Fsp3) is 0.167. The highest BCUT2D eigenvalue weighted by Crippen LogP contribution is 2.29. The number of ether oxygens (including phenoxy) is 2. The van der Waals surface area contributed by atoms with Crippen LogP contribution in [0, 0.1) is 0 Å². The van der Waals surface area contributed by atoms with E-state index in [0.717, 1.165) is 6.42 Å². The average molecular weight is 564 g/mol. The Bertz CT molecular complexity index is 1480. The number of aldehydes is 1. The predicted molar refractivity (Wildman–Crippen MR) is 161 cm³/mol. The number of carbonyl (C=O) groups is 2. The number of benzene rings is 2. The Balaban J connectivity index is 1.79. The van der Waals surface area contributed by atoms with Gasteiger partial charge in [-0.3, -0.25) is 14.4 Å². The van der Waals surface area contributed by atoms with Gasteiger partial charge in [0.25, 0.3) is 5.24 Å². The van der Waals surface area contributed by atoms with Gasteiger partial charge in [0.05, 0.1) is 10.3 Å². The molecule has 2 N–H and O–H groups in total. The highest BCUT2D eigenvalue weighted by Gasteiger charge is 2.18. The number of amides is 1. The van der Waals surface area contributed by atoms with Gasteiger partial charge in [-0.15, -0.1) is 11.8 Å². The quantitative estimate of drug-likeness (QED) is 0.104. The maximum Gasteiger partial charge on any atom is 0.281 e. The van der Waals surface area contributed by atoms with Crippen molar-refractivity contribution < 1.29 is 23.5 Å². The minimum absolute atomic E-state index is 0.0906. The van der Waals surface area contributed by atoms with Gasteiger partial charge in [-0.05, 0) is 65.2 Å². The van der Waals surface area contributed by atoms with Gasteiger partial charge >= 0.3 is 0 Å². The second-order valence-electron chi connectivity index (χ2n) is 7.95. The lowest BCUT2D eigenvalue weighted by atomic mass is 10.1. The van der Waals surface area contributed by atoms with Crippen LogP contribution in [0.4, 0.5) is 4.79 Å². The number of hydrogen-bond acceptors (Lipinski definition) is 8. The second kappa shape index (κ2) is 14.8. The molecule has 2 aromatic carbocycles. The van der Waals surface area contributed by atoms with Crippen LogP contribution in [0.25, 0.3) is 22.6 Å². The average Bonchev–Trinajstić information content (AvgIpc) is 2.95. The Morgan fingerprint density at radius 1 is 1.08 bits per heavy atom. The molecule has 39 heavy (non-hydrogen) atoms. The smallest absolute Gasteiger partial charge is 0.281 e. The third-order valence-corrected chi connectivity index (χ3v) is 7.02. The molecule has 3 rings (SSSR count). The summed E-state index contributed by atoms with van der Waals surface area (Å²) in [5.41, 5.74) is 6.63. The van der Waals surface area contributed by atoms with Gasteiger partial charge in [0.2, 0.25) is 11.2 Å². The molecule has 0 aliphatic rings. The Hall–Kier alpha value is -3.95. The number of nitrogens with two attached hydrogens (primary N) is 1. The summed E-state index contributed by atoms with van der Waals surface area (Å²) in [5, 5.41) is -0.239. The van der Waals surface area contributed by atoms with Crippen molar-refractivity contribution in [2.24, 2.45) is 5.73 Å². The van der Waals surface area contributed by atoms with Gasteiger partial charge in [0.15, 0.2) is 12.0 Å². The van der Waals surface area contributed by atoms with E-state index in [1.54, 1.807) is 72.4 Å². The zero-order valence-corrected chi connectivity index (χ0v) is 23.3. The summed E-state index contributed by atoms with van der Waals surface area (Å²) in [4.78, 5) is 36.8. The van der Waals surface area contributed by atoms with Crippen molar-refractivity contribution in [2.45, 2.75) is 13.3 Å². The lowest BCUT2D eigenvalue weighted by Crippen LogP contribution is -2.16. The van der Waals surface area contributed by atoms with Crippen LogP contribution in [0.3, 0.4) is 0 Å². The van der Waals surface area contributed by atoms with E-state index in [-0.39, 0.29) is 29.3 Å². The summed E-state index contributed by atoms with van der Waals surface area (Å²) in [6.45, 7) is 6.23. The van der Waals surface area contributed by atoms with E-state index in [1.807, 2.05) is 18.4 Å². The van der Waals surface area contributed by atoms with Crippen molar-refractivity contribution in [2.75, 3.05) is 19.5 Å². The molecule has 0 saturated carbocycles. The Labute approximate surface area is 235 Å². The molecule has 0 aliphatic heterocycles. The molecule has 0 spiro atoms. The van der Waals surface area contributed by atoms with E-state index in [1.165, 1.54) is 4.91 Å². The summed E-state index contributed by atoms with van der Waals surface area (Å²) in [6, 6.07) is 13.9. The molecule has 0 radical (unpaired) electrons. The summed E-state index contributed by atoms with van der Waals surface area (Å²) < 4.78 is 17.8. The van der Waals surface area contributed by atoms with E-state index in [2.05, 4.69) is 13.5 Å². The van der Waals surface area contributed by atoms with Crippen LogP contribution in [0.2, 0.25) is 0 Å². The molecule has 1 aromatic heterocycles. The zero-order chi connectivity index (χ0) is 28.2. The third kappa shape index (κ3) is 8.27. The van der Waals surface area contributed by atoms with Crippen LogP contribution in [0.1, 0.15) is 24.7 Å². The SMILES string of the molecule is C=C/C(=C\C=C(/CC)SC)c1oc2ccccc2c(=O)c1OCCOc1ccc(/C=C(/C=O)SC(N)=O)cc1. The van der Waals surface area contributed by atoms with Gasteiger partial charge in [-0.25, -0.2) is 0 Å². The fourth-order valence-electron chi connectivity index (χ4n) is 3.53. The van der Waals surface area contributed by atoms with Gasteiger partial charge in [0, 0.05) is 5.57 Å². The summed E-state index contributed by atoms with van der Waals surface area (Å²) in [6.07, 6.45) is 10.5. The number of primary amides is 1. The van der Waals surface area contributed by atoms with Crippen LogP contribution in [0.15, 0.2) is 92.4 Å². The lowest BCUT2D eigenvalue weighted by molar-refractivity contribution is -0.104. The predicted octanol–water partition coefficient (Wildman–Crippen LogP) is 6.83. The first-order chi connectivity index (χ1) is 18.9. The molecule has 0 bridgehead atoms. The molecule has 0 fully saturated rings. The molecule has 3 aromatic rings. The van der Waals surface area contributed by atoms with Crippen molar-refractivity contribution in [1.82, 2.24) is 0 Å². The Morgan fingerprint density at radius 2 is 1.79 bits per heavy atom. The summed E-state index contributed by atoms with van der Waals surface area (Å²) in [5.74, 6) is 0.961. The zero-order valence-electron chi connectivity index (χ0n) is 21.7. The Morgan fingerprint density at radius 3 is 2.44 bits per heavy atom. The van der Waals surface area contributed by atoms with Crippen LogP contribution >= 0.6 is 23.5 Å². The maximum absolute atomic E-state index is 13.3. The molecule has 0 saturated heterocycles. The van der Waals surface area contributed by atoms with E-state index in [4.69, 9.17) is 19.6 Å². The second-order valence-corrected chi connectivity index (χ2v) is 9.96. The van der Waals surface area contributed by atoms with Gasteiger partial charge < -0.3 is 19.6 Å². The van der Waals surface area contributed by atoms with Crippen molar-refractivity contribution in [1.29, 1.82) is 0 Å². The van der Waals surface area contributed by atoms with E-state index in [0.29, 0.717) is 51.7 Å². The minimum atomic E-state index is -0.658. The van der Waals surface area contributed by atoms with Gasteiger partial charge in [-0.1, -0.05) is 56.0 Å². The molecule has 9 heteroatoms. The molecule has 0 atom stereocenters. The van der Waals surface area contributed by atoms with Gasteiger partial charge in [0.1, 0.15) is 24.5 Å². The molecule has 0 aliphatic carbocycles. The van der Waals surface area contributed by atoms with Gasteiger partial charge in [-0.2, -0.15) is 0 Å². The highest BCUT2D eigenvalue weighted by molar-refractivity contribution is 8.17. The van der Waals surface area contributed by atoms with Crippen molar-refractivity contribution in [3.8, 4) is 11.5 Å². The van der Waals surface area contributed by atoms with Crippen molar-refractivity contribution in [3.63, 3.8) is 0 Å². The highest BCUT2D eigenvalue weighted by atomic mass is 32.2. The van der Waals surface area contributed by atoms with E-state index < -0.39 is 5.24 Å². The third-order valence-electron chi connectivity index (χ3n) is 5.42. The molecular weight excluding hydrogens is 534 g/mol. The minimum Gasteiger partial charge on any atom is -0.490 e. The first kappa shape index (κ1) is 29.6. The molecule has 202 valence electrons. The van der Waals surface area contributed by atoms with Crippen molar-refractivity contribution >= 4 is 57.7 Å². The normalized spacial score (nSPS) is 12.3. The number of fused-ring (bicyclic) bond motifs is 1. The molecule has 0 unspecified atom stereocenters. The maximum atomic E-state index is 13.3. The van der Waals surface area contributed by atoms with Crippen LogP contribution in [-0.4, -0.2) is 31.0 Å². The Kier molecular flexibility index (Phi) is 11.3. The summed E-state index contributed by atoms with van der Waals surface area (Å²) in [7, 11) is 0. The number of rotatable bonds is 13. The molecule has 1 amide bonds. The van der Waals surface area contributed by atoms with Crippen molar-refractivity contribution in [3.05, 3.63) is 105 Å². The number of hydrogen-bond donors (Lipinski definition) is 1. The standard InChI is InChI=1S/C30H29NO6S2/c1-4-21(12-15-23(5-2)38-3)28-29(27(33)25-8-6-7-9-26(25)37-28)36-17-16-35-22-13-10-20(11-14-22)18-24(19-32)39-30(31)34/h4,6-15,18-19H,1,5,16-17H2,2-3H3,(H2,31,34)/b21-12+,23-15+,24-18-. The molecule has 1 heterocycles. The largest absolute Gasteiger partial charge is 0.490 e. The number of para-hydroxylation sites is 1. The van der Waals surface area contributed by atoms with E-state index >= 15 is 0 Å². The fourth-order valence-corrected chi connectivity index (χ4v) is 4.50. The number of allylic oxidation sites excluding steroid dienone is 6. The summed E-state index contributed by atoms with van der Waals surface area (Å²) >= 11 is 2.32. The lowest BCUT2D eigenvalue weighted by Gasteiger charge is -2.13. The van der Waals surface area contributed by atoms with E-state index in [9.17, 15) is 14.4 Å². The molecular formula is C30H29NO6S2. The number of thioether (sulfide) groups is 2. The monoisotopic (exact) mass is 563 g/mol. The van der Waals surface area contributed by atoms with Crippen LogP contribution in [-0.2, 0) is 4.79 Å². The van der Waals surface area contributed by atoms with Crippen LogP contribution < -0.4 is 20.6 Å². The first-order valence-corrected chi connectivity index (χ1v) is 14.1. The topological polar surface area (TPSA) is 109 Å².